The maximum absolute atomic E-state index is 12.7. The number of amides is 2. The van der Waals surface area contributed by atoms with Crippen molar-refractivity contribution >= 4 is 51.6 Å². The SMILES string of the molecule is C=CCOc1c(I)cc(/C=C2\SC(=O)N(CCc3ccccc3)C2=O)cc1OC. The van der Waals surface area contributed by atoms with Gasteiger partial charge in [-0.25, -0.2) is 0 Å². The minimum Gasteiger partial charge on any atom is -0.493 e. The Morgan fingerprint density at radius 2 is 1.97 bits per heavy atom. The van der Waals surface area contributed by atoms with E-state index >= 15 is 0 Å². The summed E-state index contributed by atoms with van der Waals surface area (Å²) in [6, 6.07) is 13.5. The van der Waals surface area contributed by atoms with Gasteiger partial charge in [-0.15, -0.1) is 0 Å². The average Bonchev–Trinajstić information content (AvgIpc) is 2.98. The number of carbonyl (C=O) groups excluding carboxylic acids is 2. The monoisotopic (exact) mass is 521 g/mol. The number of thioether (sulfide) groups is 1. The number of benzene rings is 2. The number of carbonyl (C=O) groups is 2. The van der Waals surface area contributed by atoms with Crippen LogP contribution in [0.1, 0.15) is 11.1 Å². The number of imide groups is 1. The van der Waals surface area contributed by atoms with Crippen LogP contribution in [0.5, 0.6) is 11.5 Å². The molecule has 0 radical (unpaired) electrons. The van der Waals surface area contributed by atoms with Gasteiger partial charge in [-0.3, -0.25) is 14.5 Å². The molecule has 1 fully saturated rings. The normalized spacial score (nSPS) is 15.1. The summed E-state index contributed by atoms with van der Waals surface area (Å²) in [6.45, 7) is 4.38. The van der Waals surface area contributed by atoms with E-state index in [1.165, 1.54) is 4.90 Å². The molecule has 0 bridgehead atoms. The number of rotatable bonds is 8. The summed E-state index contributed by atoms with van der Waals surface area (Å²) in [7, 11) is 1.56. The van der Waals surface area contributed by atoms with Gasteiger partial charge in [-0.2, -0.15) is 0 Å². The Labute approximate surface area is 187 Å². The lowest BCUT2D eigenvalue weighted by atomic mass is 10.1. The van der Waals surface area contributed by atoms with Crippen molar-refractivity contribution in [3.63, 3.8) is 0 Å². The Bertz CT molecular complexity index is 959. The molecule has 0 N–H and O–H groups in total. The minimum atomic E-state index is -0.267. The Hall–Kier alpha value is -2.26. The van der Waals surface area contributed by atoms with Gasteiger partial charge < -0.3 is 9.47 Å². The van der Waals surface area contributed by atoms with Gasteiger partial charge in [-0.1, -0.05) is 43.0 Å². The summed E-state index contributed by atoms with van der Waals surface area (Å²) in [5.41, 5.74) is 1.86. The second-order valence-corrected chi connectivity index (χ2v) is 8.36. The van der Waals surface area contributed by atoms with E-state index in [9.17, 15) is 9.59 Å². The first-order valence-electron chi connectivity index (χ1n) is 8.94. The largest absolute Gasteiger partial charge is 0.493 e. The second kappa shape index (κ2) is 9.98. The zero-order valence-corrected chi connectivity index (χ0v) is 18.9. The van der Waals surface area contributed by atoms with Crippen LogP contribution in [0.25, 0.3) is 6.08 Å². The average molecular weight is 521 g/mol. The van der Waals surface area contributed by atoms with Gasteiger partial charge in [0, 0.05) is 6.54 Å². The predicted octanol–water partition coefficient (Wildman–Crippen LogP) is 5.14. The van der Waals surface area contributed by atoms with E-state index in [2.05, 4.69) is 29.2 Å². The molecular formula is C22H20INO4S. The lowest BCUT2D eigenvalue weighted by molar-refractivity contribution is -0.122. The van der Waals surface area contributed by atoms with Gasteiger partial charge in [0.25, 0.3) is 11.1 Å². The van der Waals surface area contributed by atoms with Gasteiger partial charge in [0.1, 0.15) is 6.61 Å². The number of hydrogen-bond donors (Lipinski definition) is 0. The number of methoxy groups -OCH3 is 1. The van der Waals surface area contributed by atoms with Crippen molar-refractivity contribution in [3.05, 3.63) is 74.7 Å². The van der Waals surface area contributed by atoms with Crippen LogP contribution >= 0.6 is 34.4 Å². The van der Waals surface area contributed by atoms with Crippen molar-refractivity contribution < 1.29 is 19.1 Å². The van der Waals surface area contributed by atoms with E-state index in [0.29, 0.717) is 36.0 Å². The van der Waals surface area contributed by atoms with Crippen LogP contribution in [0.2, 0.25) is 0 Å². The third-order valence-electron chi connectivity index (χ3n) is 4.24. The van der Waals surface area contributed by atoms with Crippen LogP contribution in [0.3, 0.4) is 0 Å². The van der Waals surface area contributed by atoms with Gasteiger partial charge in [0.05, 0.1) is 15.6 Å². The van der Waals surface area contributed by atoms with Crippen molar-refractivity contribution in [3.8, 4) is 11.5 Å². The topological polar surface area (TPSA) is 55.8 Å². The number of halogens is 1. The van der Waals surface area contributed by atoms with Crippen molar-refractivity contribution in [1.29, 1.82) is 0 Å². The molecular weight excluding hydrogens is 501 g/mol. The zero-order valence-electron chi connectivity index (χ0n) is 15.9. The summed E-state index contributed by atoms with van der Waals surface area (Å²) < 4.78 is 11.9. The second-order valence-electron chi connectivity index (χ2n) is 6.20. The molecule has 1 aliphatic heterocycles. The van der Waals surface area contributed by atoms with Crippen LogP contribution in [0.15, 0.2) is 60.0 Å². The molecule has 0 spiro atoms. The van der Waals surface area contributed by atoms with Gasteiger partial charge in [0.2, 0.25) is 0 Å². The van der Waals surface area contributed by atoms with Crippen LogP contribution in [0, 0.1) is 3.57 Å². The Morgan fingerprint density at radius 1 is 1.21 bits per heavy atom. The molecule has 1 heterocycles. The van der Waals surface area contributed by atoms with Crippen LogP contribution in [0.4, 0.5) is 4.79 Å². The smallest absolute Gasteiger partial charge is 0.293 e. The zero-order chi connectivity index (χ0) is 20.8. The first-order chi connectivity index (χ1) is 14.0. The molecule has 29 heavy (non-hydrogen) atoms. The highest BCUT2D eigenvalue weighted by Gasteiger charge is 2.34. The molecule has 1 saturated heterocycles. The highest BCUT2D eigenvalue weighted by Crippen LogP contribution is 2.37. The fraction of sp³-hybridized carbons (Fsp3) is 0.182. The van der Waals surface area contributed by atoms with Crippen LogP contribution in [-0.2, 0) is 11.2 Å². The fourth-order valence-corrected chi connectivity index (χ4v) is 4.48. The van der Waals surface area contributed by atoms with E-state index in [4.69, 9.17) is 9.47 Å². The summed E-state index contributed by atoms with van der Waals surface area (Å²) in [6.07, 6.45) is 4.01. The fourth-order valence-electron chi connectivity index (χ4n) is 2.84. The first-order valence-corrected chi connectivity index (χ1v) is 10.8. The van der Waals surface area contributed by atoms with Gasteiger partial charge >= 0.3 is 0 Å². The highest BCUT2D eigenvalue weighted by molar-refractivity contribution is 14.1. The minimum absolute atomic E-state index is 0.246. The predicted molar refractivity (Wildman–Crippen MR) is 124 cm³/mol. The molecule has 150 valence electrons. The Morgan fingerprint density at radius 3 is 2.66 bits per heavy atom. The standard InChI is InChI=1S/C22H20INO4S/c1-3-11-28-20-17(23)12-16(13-18(20)27-2)14-19-21(25)24(22(26)29-19)10-9-15-7-5-4-6-8-15/h3-8,12-14H,1,9-11H2,2H3/b19-14-. The number of hydrogen-bond acceptors (Lipinski definition) is 5. The quantitative estimate of drug-likeness (QED) is 0.274. The van der Waals surface area contributed by atoms with Crippen molar-refractivity contribution in [2.24, 2.45) is 0 Å². The molecule has 2 amide bonds. The molecule has 0 aliphatic carbocycles. The molecule has 2 aromatic rings. The van der Waals surface area contributed by atoms with Crippen molar-refractivity contribution in [2.45, 2.75) is 6.42 Å². The molecule has 0 unspecified atom stereocenters. The lowest BCUT2D eigenvalue weighted by Crippen LogP contribution is -2.30. The highest BCUT2D eigenvalue weighted by atomic mass is 127. The molecule has 0 atom stereocenters. The summed E-state index contributed by atoms with van der Waals surface area (Å²) in [4.78, 5) is 26.8. The summed E-state index contributed by atoms with van der Waals surface area (Å²) >= 11 is 3.12. The number of nitrogens with zero attached hydrogens (tertiary/aromatic N) is 1. The van der Waals surface area contributed by atoms with Crippen molar-refractivity contribution in [2.75, 3.05) is 20.3 Å². The summed E-state index contributed by atoms with van der Waals surface area (Å²) in [5.74, 6) is 0.923. The van der Waals surface area contributed by atoms with Crippen LogP contribution < -0.4 is 9.47 Å². The van der Waals surface area contributed by atoms with E-state index in [1.54, 1.807) is 25.3 Å². The van der Waals surface area contributed by atoms with E-state index in [1.807, 2.05) is 36.4 Å². The number of ether oxygens (including phenoxy) is 2. The first kappa shape index (κ1) is 21.4. The molecule has 0 aromatic heterocycles. The van der Waals surface area contributed by atoms with E-state index in [-0.39, 0.29) is 11.1 Å². The molecule has 7 heteroatoms. The molecule has 3 rings (SSSR count). The molecule has 2 aromatic carbocycles. The maximum atomic E-state index is 12.7. The third kappa shape index (κ3) is 5.22. The van der Waals surface area contributed by atoms with E-state index in [0.717, 1.165) is 26.5 Å². The Kier molecular flexibility index (Phi) is 7.38. The third-order valence-corrected chi connectivity index (χ3v) is 5.94. The van der Waals surface area contributed by atoms with E-state index < -0.39 is 0 Å². The van der Waals surface area contributed by atoms with Crippen molar-refractivity contribution in [1.82, 2.24) is 4.90 Å². The maximum Gasteiger partial charge on any atom is 0.293 e. The summed E-state index contributed by atoms with van der Waals surface area (Å²) in [5, 5.41) is -0.246. The van der Waals surface area contributed by atoms with Gasteiger partial charge in [-0.05, 0) is 70.1 Å². The molecule has 0 saturated carbocycles. The van der Waals surface area contributed by atoms with Gasteiger partial charge in [0.15, 0.2) is 11.5 Å². The molecule has 1 aliphatic rings. The lowest BCUT2D eigenvalue weighted by Gasteiger charge is -2.13. The molecule has 5 nitrogen and oxygen atoms in total. The van der Waals surface area contributed by atoms with Crippen LogP contribution in [-0.4, -0.2) is 36.3 Å². The Balaban J connectivity index is 1.78.